The fourth-order valence-electron chi connectivity index (χ4n) is 11.8. The van der Waals surface area contributed by atoms with E-state index in [1.807, 2.05) is 41.0 Å². The summed E-state index contributed by atoms with van der Waals surface area (Å²) in [5.74, 6) is 2.41. The standard InChI is InChI=1S/C49H57N5O5/c1-31-44(29-53-18-16-41(17-19-53)54-43-11-3-2-10-42(43)51-48(54)57)58-46(59-45(31)37-14-12-32(30-55)13-15-37)40-9-5-8-39(24-40)38-7-4-6-33(23-38)28-50-47(56)52-49-25-34-20-35(26-49)22-36(21-34)27-49/h2-15,23-24,31,34-36,41,44-46,55H,16-22,25-30H2,1H3,(H,51,57)(H2,50,52,56)/t31-,34?,35?,36?,44+,45+,46+,49?/m1/s1. The van der Waals surface area contributed by atoms with E-state index in [1.165, 1.54) is 19.3 Å². The van der Waals surface area contributed by atoms with Crippen molar-refractivity contribution in [2.75, 3.05) is 19.6 Å². The second-order valence-corrected chi connectivity index (χ2v) is 18.5. The normalized spacial score (nSPS) is 29.5. The highest BCUT2D eigenvalue weighted by Gasteiger charge is 2.51. The topological polar surface area (TPSA) is 121 Å². The van der Waals surface area contributed by atoms with E-state index in [-0.39, 0.29) is 48.0 Å². The number of piperidine rings is 1. The number of carbonyl (C=O) groups is 1. The third-order valence-corrected chi connectivity index (χ3v) is 14.4. The number of urea groups is 1. The van der Waals surface area contributed by atoms with Crippen molar-refractivity contribution in [1.82, 2.24) is 25.1 Å². The van der Waals surface area contributed by atoms with Gasteiger partial charge in [0, 0.05) is 49.2 Å². The molecule has 2 amide bonds. The third-order valence-electron chi connectivity index (χ3n) is 14.4. The molecule has 6 fully saturated rings. The Kier molecular flexibility index (Phi) is 10.4. The quantitative estimate of drug-likeness (QED) is 0.113. The first-order chi connectivity index (χ1) is 28.8. The van der Waals surface area contributed by atoms with Gasteiger partial charge >= 0.3 is 11.7 Å². The van der Waals surface area contributed by atoms with Crippen LogP contribution in [-0.2, 0) is 22.6 Å². The largest absolute Gasteiger partial charge is 0.392 e. The predicted molar refractivity (Wildman–Crippen MR) is 228 cm³/mol. The maximum atomic E-state index is 13.3. The highest BCUT2D eigenvalue weighted by atomic mass is 16.7. The number of likely N-dealkylation sites (tertiary alicyclic amines) is 1. The van der Waals surface area contributed by atoms with Gasteiger partial charge < -0.3 is 35.1 Å². The van der Waals surface area contributed by atoms with E-state index in [1.54, 1.807) is 0 Å². The van der Waals surface area contributed by atoms with Gasteiger partial charge in [-0.2, -0.15) is 0 Å². The lowest BCUT2D eigenvalue weighted by molar-refractivity contribution is -0.276. The number of aliphatic hydroxyl groups is 1. The number of carbonyl (C=O) groups excluding carboxylic acids is 1. The van der Waals surface area contributed by atoms with Crippen molar-refractivity contribution in [3.8, 4) is 11.1 Å². The minimum atomic E-state index is -0.584. The fraction of sp³-hybridized carbons (Fsp3) is 0.469. The monoisotopic (exact) mass is 795 g/mol. The van der Waals surface area contributed by atoms with Gasteiger partial charge in [0.15, 0.2) is 6.29 Å². The molecule has 10 heteroatoms. The van der Waals surface area contributed by atoms with Crippen LogP contribution in [0.1, 0.15) is 99.0 Å². The Bertz CT molecular complexity index is 2310. The highest BCUT2D eigenvalue weighted by Crippen LogP contribution is 2.55. The van der Waals surface area contributed by atoms with Crippen LogP contribution in [0.3, 0.4) is 0 Å². The summed E-state index contributed by atoms with van der Waals surface area (Å²) in [7, 11) is 0. The molecule has 0 unspecified atom stereocenters. The van der Waals surface area contributed by atoms with E-state index in [0.717, 1.165) is 114 Å². The molecule has 4 N–H and O–H groups in total. The molecular formula is C49H57N5O5. The molecule has 3 heterocycles. The van der Waals surface area contributed by atoms with Crippen molar-refractivity contribution < 1.29 is 19.4 Å². The maximum absolute atomic E-state index is 13.3. The summed E-state index contributed by atoms with van der Waals surface area (Å²) < 4.78 is 15.7. The fourth-order valence-corrected chi connectivity index (χ4v) is 11.8. The van der Waals surface area contributed by atoms with Crippen molar-refractivity contribution in [3.63, 3.8) is 0 Å². The lowest BCUT2D eigenvalue weighted by Gasteiger charge is -2.56. The molecule has 4 aliphatic carbocycles. The summed E-state index contributed by atoms with van der Waals surface area (Å²) in [6.45, 7) is 5.17. The van der Waals surface area contributed by atoms with Crippen LogP contribution in [0.15, 0.2) is 102 Å². The number of aromatic nitrogens is 2. The van der Waals surface area contributed by atoms with Gasteiger partial charge in [0.25, 0.3) is 0 Å². The van der Waals surface area contributed by atoms with Gasteiger partial charge in [0.2, 0.25) is 0 Å². The zero-order chi connectivity index (χ0) is 40.1. The molecule has 2 aliphatic heterocycles. The van der Waals surface area contributed by atoms with Crippen LogP contribution in [-0.4, -0.2) is 56.9 Å². The molecule has 5 aromatic rings. The summed E-state index contributed by atoms with van der Waals surface area (Å²) in [5.41, 5.74) is 7.87. The van der Waals surface area contributed by atoms with E-state index < -0.39 is 6.29 Å². The smallest absolute Gasteiger partial charge is 0.326 e. The van der Waals surface area contributed by atoms with Gasteiger partial charge in [0.1, 0.15) is 0 Å². The van der Waals surface area contributed by atoms with Crippen LogP contribution in [0, 0.1) is 23.7 Å². The molecule has 59 heavy (non-hydrogen) atoms. The number of hydrogen-bond donors (Lipinski definition) is 4. The Morgan fingerprint density at radius 2 is 1.51 bits per heavy atom. The lowest BCUT2D eigenvalue weighted by Crippen LogP contribution is -2.61. The summed E-state index contributed by atoms with van der Waals surface area (Å²) in [6.07, 6.45) is 8.34. The van der Waals surface area contributed by atoms with E-state index in [2.05, 4.69) is 88.1 Å². The molecular weight excluding hydrogens is 739 g/mol. The van der Waals surface area contributed by atoms with Crippen molar-refractivity contribution >= 4 is 17.1 Å². The summed E-state index contributed by atoms with van der Waals surface area (Å²) in [5, 5.41) is 16.4. The van der Waals surface area contributed by atoms with Gasteiger partial charge in [-0.15, -0.1) is 0 Å². The van der Waals surface area contributed by atoms with E-state index in [4.69, 9.17) is 9.47 Å². The molecule has 4 saturated carbocycles. The Balaban J connectivity index is 0.832. The third kappa shape index (κ3) is 7.88. The highest BCUT2D eigenvalue weighted by molar-refractivity contribution is 5.76. The first-order valence-corrected chi connectivity index (χ1v) is 22.0. The van der Waals surface area contributed by atoms with Crippen LogP contribution in [0.5, 0.6) is 0 Å². The van der Waals surface area contributed by atoms with Crippen LogP contribution in [0.4, 0.5) is 4.79 Å². The van der Waals surface area contributed by atoms with E-state index >= 15 is 0 Å². The number of nitrogens with zero attached hydrogens (tertiary/aromatic N) is 2. The van der Waals surface area contributed by atoms with Crippen molar-refractivity contribution in [1.29, 1.82) is 0 Å². The van der Waals surface area contributed by atoms with Gasteiger partial charge in [-0.05, 0) is 121 Å². The predicted octanol–water partition coefficient (Wildman–Crippen LogP) is 8.39. The number of amides is 2. The van der Waals surface area contributed by atoms with Crippen LogP contribution in [0.2, 0.25) is 0 Å². The Hall–Kier alpha value is -4.74. The second kappa shape index (κ2) is 16.0. The number of para-hydroxylation sites is 2. The first kappa shape index (κ1) is 38.5. The number of hydrogen-bond acceptors (Lipinski definition) is 6. The Labute approximate surface area is 346 Å². The minimum absolute atomic E-state index is 0.00453. The number of ether oxygens (including phenoxy) is 2. The number of H-pyrrole nitrogens is 1. The number of fused-ring (bicyclic) bond motifs is 1. The molecule has 4 atom stereocenters. The minimum Gasteiger partial charge on any atom is -0.392 e. The summed E-state index contributed by atoms with van der Waals surface area (Å²) >= 11 is 0. The average molecular weight is 796 g/mol. The molecule has 11 rings (SSSR count). The molecule has 4 aromatic carbocycles. The first-order valence-electron chi connectivity index (χ1n) is 22.0. The van der Waals surface area contributed by atoms with Gasteiger partial charge in [0.05, 0.1) is 29.8 Å². The van der Waals surface area contributed by atoms with E-state index in [9.17, 15) is 14.7 Å². The van der Waals surface area contributed by atoms with Crippen molar-refractivity contribution in [2.45, 2.75) is 102 Å². The molecule has 0 radical (unpaired) electrons. The SMILES string of the molecule is C[C@@H]1[C@H](CN2CCC(n3c(=O)[nH]c4ccccc43)CC2)O[C@H](c2cccc(-c3cccc(CNC(=O)NC45CC6CC(CC(C6)C4)C5)c3)c2)O[C@@H]1c1ccc(CO)cc1. The average Bonchev–Trinajstić information content (AvgIpc) is 3.59. The molecule has 1 aromatic heterocycles. The van der Waals surface area contributed by atoms with Gasteiger partial charge in [-0.1, -0.05) is 79.7 Å². The molecule has 4 bridgehead atoms. The number of rotatable bonds is 10. The summed E-state index contributed by atoms with van der Waals surface area (Å²) in [6, 6.07) is 33.0. The number of imidazole rings is 1. The second-order valence-electron chi connectivity index (χ2n) is 18.5. The van der Waals surface area contributed by atoms with Crippen molar-refractivity contribution in [3.05, 3.63) is 130 Å². The molecule has 10 nitrogen and oxygen atoms in total. The number of aromatic amines is 1. The Morgan fingerprint density at radius 3 is 2.24 bits per heavy atom. The number of benzene rings is 4. The van der Waals surface area contributed by atoms with E-state index in [0.29, 0.717) is 6.54 Å². The molecule has 308 valence electrons. The van der Waals surface area contributed by atoms with Gasteiger partial charge in [-0.3, -0.25) is 4.57 Å². The number of aliphatic hydroxyl groups excluding tert-OH is 1. The zero-order valence-electron chi connectivity index (χ0n) is 34.0. The number of nitrogens with one attached hydrogen (secondary N) is 3. The van der Waals surface area contributed by atoms with Crippen LogP contribution < -0.4 is 16.3 Å². The lowest BCUT2D eigenvalue weighted by atomic mass is 9.53. The van der Waals surface area contributed by atoms with Gasteiger partial charge in [-0.25, -0.2) is 9.59 Å². The molecule has 2 saturated heterocycles. The maximum Gasteiger partial charge on any atom is 0.326 e. The van der Waals surface area contributed by atoms with Crippen LogP contribution in [0.25, 0.3) is 22.2 Å². The Morgan fingerprint density at radius 1 is 0.814 bits per heavy atom. The zero-order valence-corrected chi connectivity index (χ0v) is 34.0. The molecule has 0 spiro atoms. The summed E-state index contributed by atoms with van der Waals surface area (Å²) in [4.78, 5) is 31.7. The van der Waals surface area contributed by atoms with Crippen molar-refractivity contribution in [2.24, 2.45) is 23.7 Å². The van der Waals surface area contributed by atoms with Crippen LogP contribution >= 0.6 is 0 Å². The molecule has 6 aliphatic rings.